The number of aliphatic hydroxyl groups excluding tert-OH is 1. The van der Waals surface area contributed by atoms with Crippen LogP contribution in [0, 0.1) is 5.41 Å². The number of carbonyl (C=O) groups is 1. The predicted octanol–water partition coefficient (Wildman–Crippen LogP) is 4.52. The SMILES string of the molecule is COc1cc(C(=O)N[C@@H]2C[C@@H](CO)N(C)C2)ccc1-c1cc2nccc(-c3ccc(OC4CCOCC4)c(C=N)c3)c2o1. The van der Waals surface area contributed by atoms with E-state index in [1.807, 2.05) is 43.4 Å². The maximum absolute atomic E-state index is 13.0. The molecular formula is C33H36N4O6. The number of likely N-dealkylation sites (tertiary alicyclic amines) is 1. The first-order valence-electron chi connectivity index (χ1n) is 14.6. The minimum absolute atomic E-state index is 0.0316. The van der Waals surface area contributed by atoms with E-state index >= 15 is 0 Å². The van der Waals surface area contributed by atoms with Crippen molar-refractivity contribution in [1.82, 2.24) is 15.2 Å². The van der Waals surface area contributed by atoms with Gasteiger partial charge in [0.1, 0.15) is 28.9 Å². The summed E-state index contributed by atoms with van der Waals surface area (Å²) in [4.78, 5) is 19.6. The highest BCUT2D eigenvalue weighted by molar-refractivity contribution is 5.97. The topological polar surface area (TPSA) is 130 Å². The number of methoxy groups -OCH3 is 1. The van der Waals surface area contributed by atoms with Crippen molar-refractivity contribution in [1.29, 1.82) is 5.41 Å². The quantitative estimate of drug-likeness (QED) is 0.245. The molecule has 3 N–H and O–H groups in total. The van der Waals surface area contributed by atoms with Crippen LogP contribution in [0.25, 0.3) is 33.6 Å². The third-order valence-corrected chi connectivity index (χ3v) is 8.31. The molecule has 6 rings (SSSR count). The van der Waals surface area contributed by atoms with E-state index in [4.69, 9.17) is 24.0 Å². The average Bonchev–Trinajstić information content (AvgIpc) is 3.64. The Balaban J connectivity index is 1.26. The van der Waals surface area contributed by atoms with Crippen molar-refractivity contribution in [2.24, 2.45) is 0 Å². The number of pyridine rings is 1. The van der Waals surface area contributed by atoms with E-state index in [0.29, 0.717) is 71.2 Å². The summed E-state index contributed by atoms with van der Waals surface area (Å²) in [6.45, 7) is 2.12. The molecule has 0 saturated carbocycles. The number of benzene rings is 2. The molecule has 2 aliphatic heterocycles. The first-order chi connectivity index (χ1) is 21.0. The first-order valence-corrected chi connectivity index (χ1v) is 14.6. The van der Waals surface area contributed by atoms with Gasteiger partial charge in [-0.15, -0.1) is 0 Å². The Kier molecular flexibility index (Phi) is 8.42. The summed E-state index contributed by atoms with van der Waals surface area (Å²) in [6, 6.07) is 14.9. The lowest BCUT2D eigenvalue weighted by atomic mass is 10.0. The maximum atomic E-state index is 13.0. The summed E-state index contributed by atoms with van der Waals surface area (Å²) in [7, 11) is 3.51. The number of nitrogens with zero attached hydrogens (tertiary/aromatic N) is 2. The van der Waals surface area contributed by atoms with E-state index in [0.717, 1.165) is 24.0 Å². The number of fused-ring (bicyclic) bond motifs is 1. The van der Waals surface area contributed by atoms with Crippen LogP contribution in [-0.4, -0.2) is 85.8 Å². The summed E-state index contributed by atoms with van der Waals surface area (Å²) < 4.78 is 23.7. The number of carbonyl (C=O) groups excluding carboxylic acids is 1. The molecule has 0 spiro atoms. The van der Waals surface area contributed by atoms with Gasteiger partial charge in [-0.05, 0) is 55.4 Å². The number of hydrogen-bond acceptors (Lipinski definition) is 9. The molecule has 2 fully saturated rings. The Hall–Kier alpha value is -4.25. The lowest BCUT2D eigenvalue weighted by Crippen LogP contribution is -2.36. The van der Waals surface area contributed by atoms with Crippen LogP contribution in [0.4, 0.5) is 0 Å². The molecule has 2 atom stereocenters. The van der Waals surface area contributed by atoms with Crippen LogP contribution in [0.3, 0.4) is 0 Å². The second-order valence-corrected chi connectivity index (χ2v) is 11.1. The monoisotopic (exact) mass is 584 g/mol. The number of furan rings is 1. The first kappa shape index (κ1) is 28.9. The molecule has 2 aromatic heterocycles. The summed E-state index contributed by atoms with van der Waals surface area (Å²) >= 11 is 0. The molecular weight excluding hydrogens is 548 g/mol. The van der Waals surface area contributed by atoms with E-state index in [1.54, 1.807) is 25.4 Å². The molecule has 43 heavy (non-hydrogen) atoms. The molecule has 0 radical (unpaired) electrons. The van der Waals surface area contributed by atoms with Crippen LogP contribution in [0.5, 0.6) is 11.5 Å². The molecule has 2 aromatic carbocycles. The number of aromatic nitrogens is 1. The number of ether oxygens (including phenoxy) is 3. The number of likely N-dealkylation sites (N-methyl/N-ethyl adjacent to an activating group) is 1. The van der Waals surface area contributed by atoms with Crippen molar-refractivity contribution in [3.8, 4) is 33.9 Å². The molecule has 0 aliphatic carbocycles. The van der Waals surface area contributed by atoms with Crippen molar-refractivity contribution in [2.45, 2.75) is 37.5 Å². The Morgan fingerprint density at radius 3 is 2.72 bits per heavy atom. The fourth-order valence-electron chi connectivity index (χ4n) is 5.91. The minimum Gasteiger partial charge on any atom is -0.496 e. The zero-order chi connectivity index (χ0) is 29.9. The third kappa shape index (κ3) is 5.99. The fraction of sp³-hybridized carbons (Fsp3) is 0.364. The van der Waals surface area contributed by atoms with Gasteiger partial charge >= 0.3 is 0 Å². The minimum atomic E-state index is -0.193. The van der Waals surface area contributed by atoms with Crippen LogP contribution in [0.15, 0.2) is 59.1 Å². The maximum Gasteiger partial charge on any atom is 0.251 e. The van der Waals surface area contributed by atoms with Gasteiger partial charge in [0.05, 0.1) is 32.5 Å². The second-order valence-electron chi connectivity index (χ2n) is 11.1. The normalized spacial score (nSPS) is 19.4. The molecule has 224 valence electrons. The average molecular weight is 585 g/mol. The largest absolute Gasteiger partial charge is 0.496 e. The predicted molar refractivity (Wildman–Crippen MR) is 163 cm³/mol. The van der Waals surface area contributed by atoms with Gasteiger partial charge in [-0.2, -0.15) is 0 Å². The van der Waals surface area contributed by atoms with E-state index in [1.165, 1.54) is 6.21 Å². The summed E-state index contributed by atoms with van der Waals surface area (Å²) in [5.41, 5.74) is 4.88. The van der Waals surface area contributed by atoms with E-state index < -0.39 is 0 Å². The van der Waals surface area contributed by atoms with E-state index in [-0.39, 0.29) is 30.7 Å². The van der Waals surface area contributed by atoms with Crippen LogP contribution in [0.1, 0.15) is 35.2 Å². The van der Waals surface area contributed by atoms with Gasteiger partial charge in [-0.3, -0.25) is 14.7 Å². The molecule has 2 saturated heterocycles. The summed E-state index contributed by atoms with van der Waals surface area (Å²) in [5.74, 6) is 1.55. The second kappa shape index (κ2) is 12.5. The van der Waals surface area contributed by atoms with Crippen molar-refractivity contribution in [3.05, 3.63) is 65.9 Å². The van der Waals surface area contributed by atoms with Gasteiger partial charge in [0.15, 0.2) is 5.58 Å². The van der Waals surface area contributed by atoms with Gasteiger partial charge in [0, 0.05) is 66.6 Å². The highest BCUT2D eigenvalue weighted by Gasteiger charge is 2.30. The number of nitrogens with one attached hydrogen (secondary N) is 2. The van der Waals surface area contributed by atoms with Crippen molar-refractivity contribution >= 4 is 23.2 Å². The Morgan fingerprint density at radius 2 is 1.98 bits per heavy atom. The van der Waals surface area contributed by atoms with Gasteiger partial charge in [0.2, 0.25) is 0 Å². The fourth-order valence-corrected chi connectivity index (χ4v) is 5.91. The highest BCUT2D eigenvalue weighted by Crippen LogP contribution is 2.38. The van der Waals surface area contributed by atoms with Crippen LogP contribution in [0.2, 0.25) is 0 Å². The van der Waals surface area contributed by atoms with E-state index in [2.05, 4.69) is 15.2 Å². The van der Waals surface area contributed by atoms with Crippen LogP contribution >= 0.6 is 0 Å². The lowest BCUT2D eigenvalue weighted by Gasteiger charge is -2.24. The summed E-state index contributed by atoms with van der Waals surface area (Å²) in [5, 5.41) is 20.6. The summed E-state index contributed by atoms with van der Waals surface area (Å²) in [6.07, 6.45) is 5.49. The number of hydrogen-bond donors (Lipinski definition) is 3. The Morgan fingerprint density at radius 1 is 1.14 bits per heavy atom. The van der Waals surface area contributed by atoms with Crippen LogP contribution < -0.4 is 14.8 Å². The molecule has 10 nitrogen and oxygen atoms in total. The highest BCUT2D eigenvalue weighted by atomic mass is 16.5. The molecule has 1 amide bonds. The van der Waals surface area contributed by atoms with Crippen molar-refractivity contribution < 1.29 is 28.5 Å². The molecule has 10 heteroatoms. The van der Waals surface area contributed by atoms with Gasteiger partial charge in [0.25, 0.3) is 5.91 Å². The molecule has 4 aromatic rings. The third-order valence-electron chi connectivity index (χ3n) is 8.31. The molecule has 2 aliphatic rings. The van der Waals surface area contributed by atoms with Gasteiger partial charge in [-0.25, -0.2) is 0 Å². The smallest absolute Gasteiger partial charge is 0.251 e. The Bertz CT molecular complexity index is 1630. The number of rotatable bonds is 9. The molecule has 4 heterocycles. The zero-order valence-corrected chi connectivity index (χ0v) is 24.3. The number of amides is 1. The van der Waals surface area contributed by atoms with Crippen molar-refractivity contribution in [3.63, 3.8) is 0 Å². The van der Waals surface area contributed by atoms with E-state index in [9.17, 15) is 9.90 Å². The van der Waals surface area contributed by atoms with Gasteiger partial charge < -0.3 is 34.5 Å². The molecule has 0 unspecified atom stereocenters. The lowest BCUT2D eigenvalue weighted by molar-refractivity contribution is 0.0255. The standard InChI is InChI=1S/C33H36N4O6/c1-37-18-23(15-24(37)19-38)36-33(39)21-3-5-27(30(14-21)40-2)31-16-28-32(43-31)26(7-10-35-28)20-4-6-29(22(13-20)17-34)42-25-8-11-41-12-9-25/h3-7,10,13-14,16-17,23-25,34,38H,8-9,11-12,15,18-19H2,1-2H3,(H,36,39)/t23-,24+/m1/s1. The number of aliphatic hydroxyl groups is 1. The molecule has 0 bridgehead atoms. The van der Waals surface area contributed by atoms with Crippen molar-refractivity contribution in [2.75, 3.05) is 40.5 Å². The van der Waals surface area contributed by atoms with Gasteiger partial charge in [-0.1, -0.05) is 6.07 Å². The van der Waals surface area contributed by atoms with Crippen LogP contribution in [-0.2, 0) is 4.74 Å². The Labute approximate surface area is 250 Å². The zero-order valence-electron chi connectivity index (χ0n) is 24.3.